The molecule has 0 bridgehead atoms. The number of fused-ring (bicyclic) bond motifs is 1. The number of hydrogen-bond donors (Lipinski definition) is 2. The molecule has 1 saturated carbocycles. The lowest BCUT2D eigenvalue weighted by molar-refractivity contribution is -0.120. The van der Waals surface area contributed by atoms with Crippen LogP contribution in [0.1, 0.15) is 23.2 Å². The number of aromatic carboxylic acids is 1. The van der Waals surface area contributed by atoms with Crippen LogP contribution in [0.15, 0.2) is 18.2 Å². The second kappa shape index (κ2) is 3.48. The van der Waals surface area contributed by atoms with Crippen LogP contribution in [0.4, 0.5) is 11.4 Å². The minimum atomic E-state index is -0.956. The van der Waals surface area contributed by atoms with E-state index in [4.69, 9.17) is 5.11 Å². The summed E-state index contributed by atoms with van der Waals surface area (Å²) in [4.78, 5) is 25.0. The van der Waals surface area contributed by atoms with E-state index in [9.17, 15) is 9.59 Å². The summed E-state index contributed by atoms with van der Waals surface area (Å²) < 4.78 is 0. The standard InChI is InChI=1S/C13H14N2O3/c1-15-7-13(4-5-13)12(18)14-9-3-2-8(11(16)17)6-10(9)15/h2-3,6H,4-5,7H2,1H3,(H,14,18)(H,16,17). The zero-order chi connectivity index (χ0) is 12.9. The van der Waals surface area contributed by atoms with E-state index in [1.54, 1.807) is 12.1 Å². The van der Waals surface area contributed by atoms with Crippen molar-refractivity contribution in [2.75, 3.05) is 23.8 Å². The lowest BCUT2D eigenvalue weighted by atomic mass is 10.1. The molecule has 0 atom stereocenters. The Balaban J connectivity index is 2.05. The molecule has 3 rings (SSSR count). The van der Waals surface area contributed by atoms with Crippen LogP contribution >= 0.6 is 0 Å². The molecular formula is C13H14N2O3. The number of carbonyl (C=O) groups is 2. The van der Waals surface area contributed by atoms with Crippen molar-refractivity contribution >= 4 is 23.3 Å². The number of amides is 1. The summed E-state index contributed by atoms with van der Waals surface area (Å²) in [7, 11) is 1.89. The highest BCUT2D eigenvalue weighted by Gasteiger charge is 2.52. The maximum absolute atomic E-state index is 12.1. The predicted molar refractivity (Wildman–Crippen MR) is 67.0 cm³/mol. The monoisotopic (exact) mass is 246 g/mol. The number of benzene rings is 1. The van der Waals surface area contributed by atoms with Crippen LogP contribution in [0.25, 0.3) is 0 Å². The Kier molecular flexibility index (Phi) is 2.14. The van der Waals surface area contributed by atoms with Gasteiger partial charge in [0.2, 0.25) is 5.91 Å². The van der Waals surface area contributed by atoms with Crippen molar-refractivity contribution in [1.82, 2.24) is 0 Å². The Hall–Kier alpha value is -2.04. The molecule has 5 nitrogen and oxygen atoms in total. The van der Waals surface area contributed by atoms with Crippen LogP contribution < -0.4 is 10.2 Å². The Morgan fingerprint density at radius 2 is 2.17 bits per heavy atom. The first-order chi connectivity index (χ1) is 8.52. The minimum absolute atomic E-state index is 0.0520. The van der Waals surface area contributed by atoms with Crippen LogP contribution in [-0.2, 0) is 4.79 Å². The Bertz CT molecular complexity index is 549. The van der Waals surface area contributed by atoms with Gasteiger partial charge in [0.15, 0.2) is 0 Å². The molecule has 1 heterocycles. The highest BCUT2D eigenvalue weighted by molar-refractivity contribution is 6.02. The third-order valence-corrected chi connectivity index (χ3v) is 3.78. The fraction of sp³-hybridized carbons (Fsp3) is 0.385. The lowest BCUT2D eigenvalue weighted by Gasteiger charge is -2.21. The molecule has 2 aliphatic rings. The molecule has 18 heavy (non-hydrogen) atoms. The number of hydrogen-bond acceptors (Lipinski definition) is 3. The van der Waals surface area contributed by atoms with E-state index < -0.39 is 5.97 Å². The number of nitrogens with zero attached hydrogens (tertiary/aromatic N) is 1. The average molecular weight is 246 g/mol. The van der Waals surface area contributed by atoms with E-state index in [0.717, 1.165) is 18.5 Å². The molecular weight excluding hydrogens is 232 g/mol. The van der Waals surface area contributed by atoms with Crippen molar-refractivity contribution < 1.29 is 14.7 Å². The minimum Gasteiger partial charge on any atom is -0.478 e. The summed E-state index contributed by atoms with van der Waals surface area (Å²) in [5, 5.41) is 11.9. The molecule has 1 amide bonds. The van der Waals surface area contributed by atoms with Crippen molar-refractivity contribution in [3.8, 4) is 0 Å². The number of rotatable bonds is 1. The van der Waals surface area contributed by atoms with Crippen LogP contribution in [0.5, 0.6) is 0 Å². The molecule has 1 fully saturated rings. The first-order valence-electron chi connectivity index (χ1n) is 5.92. The number of carboxylic acid groups (broad SMARTS) is 1. The molecule has 0 saturated heterocycles. The molecule has 1 aliphatic carbocycles. The fourth-order valence-corrected chi connectivity index (χ4v) is 2.49. The van der Waals surface area contributed by atoms with Gasteiger partial charge in [0, 0.05) is 13.6 Å². The van der Waals surface area contributed by atoms with E-state index >= 15 is 0 Å². The maximum Gasteiger partial charge on any atom is 0.335 e. The predicted octanol–water partition coefficient (Wildman–Crippen LogP) is 1.55. The molecule has 5 heteroatoms. The third kappa shape index (κ3) is 1.54. The smallest absolute Gasteiger partial charge is 0.335 e. The molecule has 2 N–H and O–H groups in total. The summed E-state index contributed by atoms with van der Waals surface area (Å²) in [6, 6.07) is 4.79. The molecule has 0 aromatic heterocycles. The van der Waals surface area contributed by atoms with Gasteiger partial charge in [-0.1, -0.05) is 0 Å². The number of anilines is 2. The Morgan fingerprint density at radius 3 is 2.78 bits per heavy atom. The first kappa shape index (κ1) is 11.1. The van der Waals surface area contributed by atoms with Gasteiger partial charge >= 0.3 is 5.97 Å². The van der Waals surface area contributed by atoms with Gasteiger partial charge in [-0.05, 0) is 31.0 Å². The van der Waals surface area contributed by atoms with Crippen molar-refractivity contribution in [2.24, 2.45) is 5.41 Å². The highest BCUT2D eigenvalue weighted by atomic mass is 16.4. The van der Waals surface area contributed by atoms with Gasteiger partial charge in [0.1, 0.15) is 0 Å². The van der Waals surface area contributed by atoms with Crippen LogP contribution in [0, 0.1) is 5.41 Å². The van der Waals surface area contributed by atoms with Gasteiger partial charge < -0.3 is 15.3 Å². The Morgan fingerprint density at radius 1 is 1.44 bits per heavy atom. The topological polar surface area (TPSA) is 69.6 Å². The van der Waals surface area contributed by atoms with Crippen molar-refractivity contribution in [1.29, 1.82) is 0 Å². The van der Waals surface area contributed by atoms with Crippen molar-refractivity contribution in [2.45, 2.75) is 12.8 Å². The van der Waals surface area contributed by atoms with Gasteiger partial charge in [-0.3, -0.25) is 4.79 Å². The summed E-state index contributed by atoms with van der Waals surface area (Å²) >= 11 is 0. The zero-order valence-electron chi connectivity index (χ0n) is 10.1. The van der Waals surface area contributed by atoms with Gasteiger partial charge in [-0.15, -0.1) is 0 Å². The molecule has 0 unspecified atom stereocenters. The van der Waals surface area contributed by atoms with Gasteiger partial charge in [0.25, 0.3) is 0 Å². The molecule has 1 aromatic carbocycles. The van der Waals surface area contributed by atoms with Gasteiger partial charge in [-0.2, -0.15) is 0 Å². The molecule has 0 radical (unpaired) electrons. The van der Waals surface area contributed by atoms with Crippen molar-refractivity contribution in [3.05, 3.63) is 23.8 Å². The van der Waals surface area contributed by atoms with Gasteiger partial charge in [0.05, 0.1) is 22.4 Å². The van der Waals surface area contributed by atoms with Crippen LogP contribution in [-0.4, -0.2) is 30.6 Å². The lowest BCUT2D eigenvalue weighted by Crippen LogP contribution is -2.31. The fourth-order valence-electron chi connectivity index (χ4n) is 2.49. The summed E-state index contributed by atoms with van der Waals surface area (Å²) in [5.41, 5.74) is 1.43. The van der Waals surface area contributed by atoms with Crippen LogP contribution in [0.3, 0.4) is 0 Å². The number of carbonyl (C=O) groups excluding carboxylic acids is 1. The Labute approximate surface area is 104 Å². The molecule has 94 valence electrons. The highest BCUT2D eigenvalue weighted by Crippen LogP contribution is 2.50. The third-order valence-electron chi connectivity index (χ3n) is 3.78. The average Bonchev–Trinajstić information content (AvgIpc) is 3.10. The van der Waals surface area contributed by atoms with Crippen molar-refractivity contribution in [3.63, 3.8) is 0 Å². The second-order valence-electron chi connectivity index (χ2n) is 5.13. The number of carboxylic acids is 1. The largest absolute Gasteiger partial charge is 0.478 e. The maximum atomic E-state index is 12.1. The van der Waals surface area contributed by atoms with E-state index in [1.807, 2.05) is 11.9 Å². The molecule has 1 aromatic rings. The quantitative estimate of drug-likeness (QED) is 0.788. The van der Waals surface area contributed by atoms with E-state index in [-0.39, 0.29) is 16.9 Å². The first-order valence-corrected chi connectivity index (χ1v) is 5.92. The van der Waals surface area contributed by atoms with E-state index in [0.29, 0.717) is 12.2 Å². The summed E-state index contributed by atoms with van der Waals surface area (Å²) in [6.45, 7) is 0.648. The molecule has 1 spiro atoms. The van der Waals surface area contributed by atoms with Gasteiger partial charge in [-0.25, -0.2) is 4.79 Å². The van der Waals surface area contributed by atoms with E-state index in [1.165, 1.54) is 6.07 Å². The van der Waals surface area contributed by atoms with E-state index in [2.05, 4.69) is 5.32 Å². The SMILES string of the molecule is CN1CC2(CC2)C(=O)Nc2ccc(C(=O)O)cc21. The normalized spacial score (nSPS) is 20.1. The zero-order valence-corrected chi connectivity index (χ0v) is 10.1. The second-order valence-corrected chi connectivity index (χ2v) is 5.13. The van der Waals surface area contributed by atoms with Crippen LogP contribution in [0.2, 0.25) is 0 Å². The number of nitrogens with one attached hydrogen (secondary N) is 1. The molecule has 1 aliphatic heterocycles. The summed E-state index contributed by atoms with van der Waals surface area (Å²) in [5.74, 6) is -0.904. The summed E-state index contributed by atoms with van der Waals surface area (Å²) in [6.07, 6.45) is 1.81.